The number of benzene rings is 2. The van der Waals surface area contributed by atoms with Crippen LogP contribution < -0.4 is 11.1 Å². The summed E-state index contributed by atoms with van der Waals surface area (Å²) < 4.78 is 24.2. The van der Waals surface area contributed by atoms with Crippen LogP contribution in [-0.4, -0.2) is 35.2 Å². The summed E-state index contributed by atoms with van der Waals surface area (Å²) in [6.07, 6.45) is 1.51. The molecule has 9 nitrogen and oxygen atoms in total. The van der Waals surface area contributed by atoms with Crippen LogP contribution in [0.15, 0.2) is 84.7 Å². The number of aromatic nitrogens is 1. The lowest BCUT2D eigenvalue weighted by atomic mass is 10.1. The first-order chi connectivity index (χ1) is 17.2. The van der Waals surface area contributed by atoms with Crippen molar-refractivity contribution in [2.45, 2.75) is 13.8 Å². The van der Waals surface area contributed by atoms with Crippen molar-refractivity contribution in [3.8, 4) is 0 Å². The number of aliphatic carboxylic acids is 1. The van der Waals surface area contributed by atoms with Crippen LogP contribution in [0.4, 0.5) is 5.82 Å². The van der Waals surface area contributed by atoms with E-state index < -0.39 is 25.2 Å². The molecule has 190 valence electrons. The van der Waals surface area contributed by atoms with Crippen molar-refractivity contribution in [2.75, 3.05) is 18.9 Å². The molecule has 3 rings (SSSR count). The van der Waals surface area contributed by atoms with Gasteiger partial charge < -0.3 is 25.2 Å². The number of nitrogen functional groups attached to an aromatic ring is 1. The van der Waals surface area contributed by atoms with Crippen LogP contribution in [0.2, 0.25) is 5.02 Å². The van der Waals surface area contributed by atoms with Crippen molar-refractivity contribution in [1.82, 2.24) is 10.3 Å². The van der Waals surface area contributed by atoms with Crippen LogP contribution in [0.25, 0.3) is 5.31 Å². The topological polar surface area (TPSA) is 141 Å². The van der Waals surface area contributed by atoms with Gasteiger partial charge in [0, 0.05) is 11.8 Å². The number of carboxylic acids is 1. The van der Waals surface area contributed by atoms with Gasteiger partial charge in [-0.25, -0.2) is 9.78 Å². The fourth-order valence-electron chi connectivity index (χ4n) is 2.92. The number of carbonyl (C=O) groups excluding carboxylic acids is 1. The van der Waals surface area contributed by atoms with Gasteiger partial charge in [0.2, 0.25) is 0 Å². The maximum atomic E-state index is 13.5. The molecule has 0 fully saturated rings. The van der Waals surface area contributed by atoms with E-state index >= 15 is 0 Å². The van der Waals surface area contributed by atoms with Crippen molar-refractivity contribution in [1.29, 1.82) is 0 Å². The fraction of sp³-hybridized carbons (Fsp3) is 0.160. The molecule has 1 aromatic heterocycles. The molecular formula is C25H27ClN3O6P. The zero-order valence-corrected chi connectivity index (χ0v) is 21.4. The Labute approximate surface area is 214 Å². The number of amides is 1. The smallest absolute Gasteiger partial charge is 0.364 e. The van der Waals surface area contributed by atoms with Crippen molar-refractivity contribution in [3.05, 3.63) is 101 Å². The number of anilines is 1. The molecule has 0 bridgehead atoms. The summed E-state index contributed by atoms with van der Waals surface area (Å²) in [6, 6.07) is 19.7. The molecule has 0 aliphatic rings. The third-order valence-corrected chi connectivity index (χ3v) is 6.84. The molecule has 0 saturated heterocycles. The Hall–Kier alpha value is -3.49. The van der Waals surface area contributed by atoms with Gasteiger partial charge in [-0.1, -0.05) is 60.1 Å². The van der Waals surface area contributed by atoms with Crippen molar-refractivity contribution in [3.63, 3.8) is 0 Å². The molecule has 0 spiro atoms. The summed E-state index contributed by atoms with van der Waals surface area (Å²) in [7, 11) is -4.03. The molecular weight excluding hydrogens is 505 g/mol. The van der Waals surface area contributed by atoms with Gasteiger partial charge in [0.1, 0.15) is 16.8 Å². The average Bonchev–Trinajstić information content (AvgIpc) is 2.87. The molecule has 1 heterocycles. The number of hydrogen-bond donors (Lipinski definition) is 3. The average molecular weight is 532 g/mol. The number of nitrogens with zero attached hydrogens (tertiary/aromatic N) is 1. The Bertz CT molecular complexity index is 1190. The van der Waals surface area contributed by atoms with Crippen LogP contribution in [0, 0.1) is 0 Å². The van der Waals surface area contributed by atoms with E-state index in [0.717, 1.165) is 0 Å². The van der Waals surface area contributed by atoms with Gasteiger partial charge in [-0.15, -0.1) is 0 Å². The van der Waals surface area contributed by atoms with Gasteiger partial charge >= 0.3 is 13.6 Å². The zero-order chi connectivity index (χ0) is 26.6. The highest BCUT2D eigenvalue weighted by molar-refractivity contribution is 7.65. The molecule has 0 aliphatic heterocycles. The molecule has 3 aromatic rings. The van der Waals surface area contributed by atoms with Crippen molar-refractivity contribution < 1.29 is 28.3 Å². The molecule has 11 heteroatoms. The molecule has 0 unspecified atom stereocenters. The van der Waals surface area contributed by atoms with Crippen molar-refractivity contribution in [2.24, 2.45) is 0 Å². The predicted molar refractivity (Wildman–Crippen MR) is 139 cm³/mol. The number of hydrogen-bond acceptors (Lipinski definition) is 7. The SMILES string of the molecule is CCOP(=O)(OCC)/C(=C(\NC(=O)c1ccccc1)C(=O)O)c1ccccc1.Nc1ccc(Cl)cn1. The fourth-order valence-corrected chi connectivity index (χ4v) is 4.93. The second-order valence-electron chi connectivity index (χ2n) is 6.95. The molecule has 36 heavy (non-hydrogen) atoms. The normalized spacial score (nSPS) is 11.5. The van der Waals surface area contributed by atoms with E-state index in [9.17, 15) is 19.3 Å². The lowest BCUT2D eigenvalue weighted by Crippen LogP contribution is -2.29. The highest BCUT2D eigenvalue weighted by Gasteiger charge is 2.37. The summed E-state index contributed by atoms with van der Waals surface area (Å²) in [4.78, 5) is 28.3. The highest BCUT2D eigenvalue weighted by atomic mass is 35.5. The largest absolute Gasteiger partial charge is 0.477 e. The molecule has 0 radical (unpaired) electrons. The summed E-state index contributed by atoms with van der Waals surface area (Å²) in [6.45, 7) is 3.31. The number of carbonyl (C=O) groups is 2. The van der Waals surface area contributed by atoms with E-state index in [1.54, 1.807) is 86.6 Å². The Morgan fingerprint density at radius 1 is 0.944 bits per heavy atom. The van der Waals surface area contributed by atoms with E-state index in [1.807, 2.05) is 0 Å². The Kier molecular flexibility index (Phi) is 11.3. The maximum absolute atomic E-state index is 13.5. The minimum absolute atomic E-state index is 0.0349. The maximum Gasteiger partial charge on any atom is 0.364 e. The van der Waals surface area contributed by atoms with Crippen LogP contribution in [-0.2, 0) is 18.4 Å². The number of nitrogens with one attached hydrogen (secondary N) is 1. The third kappa shape index (κ3) is 8.32. The van der Waals surface area contributed by atoms with Crippen LogP contribution in [0.3, 0.4) is 0 Å². The molecule has 0 saturated carbocycles. The molecule has 2 aromatic carbocycles. The second-order valence-corrected chi connectivity index (χ2v) is 9.34. The van der Waals surface area contributed by atoms with Gasteiger partial charge in [-0.2, -0.15) is 0 Å². The number of halogens is 1. The third-order valence-electron chi connectivity index (χ3n) is 4.39. The first-order valence-corrected chi connectivity index (χ1v) is 12.8. The highest BCUT2D eigenvalue weighted by Crippen LogP contribution is 2.61. The predicted octanol–water partition coefficient (Wildman–Crippen LogP) is 5.45. The van der Waals surface area contributed by atoms with Gasteiger partial charge in [0.05, 0.1) is 18.2 Å². The van der Waals surface area contributed by atoms with Crippen LogP contribution >= 0.6 is 19.2 Å². The van der Waals surface area contributed by atoms with Crippen molar-refractivity contribution >= 4 is 42.2 Å². The minimum Gasteiger partial charge on any atom is -0.477 e. The zero-order valence-electron chi connectivity index (χ0n) is 19.8. The number of nitrogens with two attached hydrogens (primary N) is 1. The van der Waals surface area contributed by atoms with Gasteiger partial charge in [-0.05, 0) is 43.7 Å². The van der Waals surface area contributed by atoms with Gasteiger partial charge in [0.15, 0.2) is 0 Å². The summed E-state index contributed by atoms with van der Waals surface area (Å²) in [5.41, 5.74) is 5.28. The molecule has 0 atom stereocenters. The lowest BCUT2D eigenvalue weighted by molar-refractivity contribution is -0.132. The number of pyridine rings is 1. The monoisotopic (exact) mass is 531 g/mol. The van der Waals surface area contributed by atoms with E-state index in [1.165, 1.54) is 6.20 Å². The lowest BCUT2D eigenvalue weighted by Gasteiger charge is -2.22. The van der Waals surface area contributed by atoms with E-state index in [-0.39, 0.29) is 24.1 Å². The van der Waals surface area contributed by atoms with E-state index in [4.69, 9.17) is 26.4 Å². The Morgan fingerprint density at radius 2 is 1.47 bits per heavy atom. The summed E-state index contributed by atoms with van der Waals surface area (Å²) >= 11 is 5.49. The molecule has 1 amide bonds. The summed E-state index contributed by atoms with van der Waals surface area (Å²) in [5.74, 6) is -1.61. The first kappa shape index (κ1) is 28.7. The second kappa shape index (κ2) is 14.2. The van der Waals surface area contributed by atoms with E-state index in [0.29, 0.717) is 16.4 Å². The van der Waals surface area contributed by atoms with Gasteiger partial charge in [0.25, 0.3) is 5.91 Å². The number of rotatable bonds is 9. The number of carboxylic acid groups (broad SMARTS) is 1. The summed E-state index contributed by atoms with van der Waals surface area (Å²) in [5, 5.41) is 12.6. The van der Waals surface area contributed by atoms with Crippen LogP contribution in [0.1, 0.15) is 29.8 Å². The standard InChI is InChI=1S/C20H22NO6P.C5H5ClN2/c1-3-26-28(25,27-4-2)18(15-11-7-5-8-12-15)17(20(23)24)21-19(22)16-13-9-6-10-14-16;6-4-1-2-5(7)8-3-4/h5-14H,3-4H2,1-2H3,(H,21,22)(H,23,24);1-3H,(H2,7,8)/b18-17-;. The first-order valence-electron chi connectivity index (χ1n) is 10.9. The molecule has 0 aliphatic carbocycles. The van der Waals surface area contributed by atoms with Crippen LogP contribution in [0.5, 0.6) is 0 Å². The quantitative estimate of drug-likeness (QED) is 0.244. The Balaban J connectivity index is 0.000000482. The Morgan fingerprint density at radius 3 is 1.89 bits per heavy atom. The van der Waals surface area contributed by atoms with E-state index in [2.05, 4.69) is 10.3 Å². The minimum atomic E-state index is -4.03. The van der Waals surface area contributed by atoms with Gasteiger partial charge in [-0.3, -0.25) is 9.36 Å². The molecule has 4 N–H and O–H groups in total.